The second kappa shape index (κ2) is 6.75. The van der Waals surface area contributed by atoms with E-state index in [0.29, 0.717) is 34.7 Å². The van der Waals surface area contributed by atoms with Crippen LogP contribution in [0.15, 0.2) is 21.5 Å². The summed E-state index contributed by atoms with van der Waals surface area (Å²) in [4.78, 5) is 2.39. The fourth-order valence-corrected chi connectivity index (χ4v) is 4.18. The number of nitrogens with one attached hydrogen (secondary N) is 1. The molecule has 1 aromatic carbocycles. The second-order valence-corrected chi connectivity index (χ2v) is 8.06. The van der Waals surface area contributed by atoms with E-state index in [-0.39, 0.29) is 11.5 Å². The SMILES string of the molecule is Cc1c(Br)cc(CO)cc1S(=O)(=O)NCCN(C)C1CC1. The van der Waals surface area contributed by atoms with Crippen molar-refractivity contribution in [2.75, 3.05) is 20.1 Å². The zero-order valence-electron chi connectivity index (χ0n) is 12.3. The molecule has 5 nitrogen and oxygen atoms in total. The number of halogens is 1. The van der Waals surface area contributed by atoms with Crippen LogP contribution in [-0.2, 0) is 16.6 Å². The standard InChI is InChI=1S/C14H21BrN2O3S/c1-10-13(15)7-11(9-18)8-14(10)21(19,20)16-5-6-17(2)12-3-4-12/h7-8,12,16,18H,3-6,9H2,1-2H3. The van der Waals surface area contributed by atoms with Crippen molar-refractivity contribution in [3.63, 3.8) is 0 Å². The van der Waals surface area contributed by atoms with E-state index in [2.05, 4.69) is 25.6 Å². The molecule has 1 fully saturated rings. The molecule has 0 saturated heterocycles. The summed E-state index contributed by atoms with van der Waals surface area (Å²) in [6.45, 7) is 2.64. The van der Waals surface area contributed by atoms with Gasteiger partial charge in [0, 0.05) is 23.6 Å². The summed E-state index contributed by atoms with van der Waals surface area (Å²) in [5.74, 6) is 0. The number of aliphatic hydroxyl groups is 1. The van der Waals surface area contributed by atoms with Gasteiger partial charge in [0.2, 0.25) is 10.0 Å². The third-order valence-corrected chi connectivity index (χ3v) is 6.17. The van der Waals surface area contributed by atoms with E-state index in [4.69, 9.17) is 0 Å². The number of hydrogen-bond acceptors (Lipinski definition) is 4. The van der Waals surface area contributed by atoms with Crippen molar-refractivity contribution in [2.45, 2.75) is 37.3 Å². The first kappa shape index (κ1) is 16.9. The Kier molecular flexibility index (Phi) is 5.43. The van der Waals surface area contributed by atoms with Gasteiger partial charge in [0.05, 0.1) is 11.5 Å². The molecule has 0 radical (unpaired) electrons. The van der Waals surface area contributed by atoms with E-state index < -0.39 is 10.0 Å². The first-order valence-corrected chi connectivity index (χ1v) is 9.22. The predicted octanol–water partition coefficient (Wildman–Crippen LogP) is 1.62. The molecule has 0 heterocycles. The van der Waals surface area contributed by atoms with Gasteiger partial charge >= 0.3 is 0 Å². The molecule has 1 saturated carbocycles. The van der Waals surface area contributed by atoms with E-state index in [1.807, 2.05) is 7.05 Å². The van der Waals surface area contributed by atoms with Gasteiger partial charge in [-0.15, -0.1) is 0 Å². The Bertz CT molecular complexity index is 615. The fraction of sp³-hybridized carbons (Fsp3) is 0.571. The number of nitrogens with zero attached hydrogens (tertiary/aromatic N) is 1. The van der Waals surface area contributed by atoms with Crippen molar-refractivity contribution >= 4 is 26.0 Å². The van der Waals surface area contributed by atoms with Gasteiger partial charge in [0.25, 0.3) is 0 Å². The summed E-state index contributed by atoms with van der Waals surface area (Å²) < 4.78 is 28.1. The van der Waals surface area contributed by atoms with Gasteiger partial charge in [-0.3, -0.25) is 0 Å². The third kappa shape index (κ3) is 4.26. The average molecular weight is 377 g/mol. The summed E-state index contributed by atoms with van der Waals surface area (Å²) >= 11 is 3.34. The Morgan fingerprint density at radius 2 is 2.10 bits per heavy atom. The molecule has 1 aliphatic rings. The lowest BCUT2D eigenvalue weighted by atomic mass is 10.2. The number of sulfonamides is 1. The van der Waals surface area contributed by atoms with Gasteiger partial charge in [-0.1, -0.05) is 15.9 Å². The zero-order valence-corrected chi connectivity index (χ0v) is 14.7. The molecule has 1 aliphatic carbocycles. The Morgan fingerprint density at radius 3 is 2.67 bits per heavy atom. The minimum atomic E-state index is -3.56. The molecular formula is C14H21BrN2O3S. The summed E-state index contributed by atoms with van der Waals surface area (Å²) in [7, 11) is -1.55. The van der Waals surface area contributed by atoms with Crippen LogP contribution < -0.4 is 4.72 Å². The molecule has 21 heavy (non-hydrogen) atoms. The molecule has 2 N–H and O–H groups in total. The van der Waals surface area contributed by atoms with Crippen LogP contribution in [0.2, 0.25) is 0 Å². The Labute approximate surface area is 134 Å². The van der Waals surface area contributed by atoms with Crippen molar-refractivity contribution in [3.05, 3.63) is 27.7 Å². The van der Waals surface area contributed by atoms with Crippen molar-refractivity contribution < 1.29 is 13.5 Å². The van der Waals surface area contributed by atoms with Crippen LogP contribution in [0.5, 0.6) is 0 Å². The number of aliphatic hydroxyl groups excluding tert-OH is 1. The largest absolute Gasteiger partial charge is 0.392 e. The molecule has 7 heteroatoms. The van der Waals surface area contributed by atoms with Crippen LogP contribution >= 0.6 is 15.9 Å². The van der Waals surface area contributed by atoms with Crippen molar-refractivity contribution in [2.24, 2.45) is 0 Å². The van der Waals surface area contributed by atoms with E-state index in [1.54, 1.807) is 13.0 Å². The van der Waals surface area contributed by atoms with Gasteiger partial charge in [-0.25, -0.2) is 13.1 Å². The molecule has 2 rings (SSSR count). The minimum Gasteiger partial charge on any atom is -0.392 e. The quantitative estimate of drug-likeness (QED) is 0.758. The summed E-state index contributed by atoms with van der Waals surface area (Å²) in [6, 6.07) is 3.87. The van der Waals surface area contributed by atoms with Gasteiger partial charge in [-0.2, -0.15) is 0 Å². The van der Waals surface area contributed by atoms with Crippen LogP contribution in [0.1, 0.15) is 24.0 Å². The maximum absolute atomic E-state index is 12.4. The van der Waals surface area contributed by atoms with Gasteiger partial charge in [0.15, 0.2) is 0 Å². The summed E-state index contributed by atoms with van der Waals surface area (Å²) in [6.07, 6.45) is 2.40. The molecule has 0 amide bonds. The van der Waals surface area contributed by atoms with Crippen LogP contribution in [0.25, 0.3) is 0 Å². The van der Waals surface area contributed by atoms with Crippen LogP contribution in [0.4, 0.5) is 0 Å². The molecular weight excluding hydrogens is 356 g/mol. The van der Waals surface area contributed by atoms with Gasteiger partial charge in [-0.05, 0) is 50.1 Å². The molecule has 1 aromatic rings. The van der Waals surface area contributed by atoms with Gasteiger partial charge in [0.1, 0.15) is 0 Å². The lowest BCUT2D eigenvalue weighted by Gasteiger charge is -2.17. The maximum Gasteiger partial charge on any atom is 0.240 e. The zero-order chi connectivity index (χ0) is 15.6. The number of rotatable bonds is 7. The van der Waals surface area contributed by atoms with Gasteiger partial charge < -0.3 is 10.0 Å². The Balaban J connectivity index is 2.09. The molecule has 0 spiro atoms. The van der Waals surface area contributed by atoms with E-state index in [0.717, 1.165) is 0 Å². The molecule has 0 aliphatic heterocycles. The first-order chi connectivity index (χ1) is 9.85. The van der Waals surface area contributed by atoms with Crippen LogP contribution in [0.3, 0.4) is 0 Å². The number of benzene rings is 1. The highest BCUT2D eigenvalue weighted by Gasteiger charge is 2.26. The molecule has 0 bridgehead atoms. The Morgan fingerprint density at radius 1 is 1.43 bits per heavy atom. The molecule has 0 aromatic heterocycles. The van der Waals surface area contributed by atoms with E-state index in [9.17, 15) is 13.5 Å². The second-order valence-electron chi connectivity index (χ2n) is 5.47. The molecule has 118 valence electrons. The highest BCUT2D eigenvalue weighted by molar-refractivity contribution is 9.10. The van der Waals surface area contributed by atoms with Crippen LogP contribution in [0, 0.1) is 6.92 Å². The average Bonchev–Trinajstić information content (AvgIpc) is 3.25. The van der Waals surface area contributed by atoms with Crippen molar-refractivity contribution in [1.29, 1.82) is 0 Å². The highest BCUT2D eigenvalue weighted by Crippen LogP contribution is 2.26. The minimum absolute atomic E-state index is 0.189. The van der Waals surface area contributed by atoms with Crippen LogP contribution in [-0.4, -0.2) is 44.6 Å². The van der Waals surface area contributed by atoms with E-state index >= 15 is 0 Å². The lowest BCUT2D eigenvalue weighted by molar-refractivity contribution is 0.281. The van der Waals surface area contributed by atoms with Crippen molar-refractivity contribution in [3.8, 4) is 0 Å². The maximum atomic E-state index is 12.4. The highest BCUT2D eigenvalue weighted by atomic mass is 79.9. The topological polar surface area (TPSA) is 69.6 Å². The lowest BCUT2D eigenvalue weighted by Crippen LogP contribution is -2.34. The number of hydrogen-bond donors (Lipinski definition) is 2. The van der Waals surface area contributed by atoms with Crippen molar-refractivity contribution in [1.82, 2.24) is 9.62 Å². The predicted molar refractivity (Wildman–Crippen MR) is 85.6 cm³/mol. The third-order valence-electron chi connectivity index (χ3n) is 3.76. The molecule has 0 unspecified atom stereocenters. The molecule has 0 atom stereocenters. The summed E-state index contributed by atoms with van der Waals surface area (Å²) in [5.41, 5.74) is 1.22. The fourth-order valence-electron chi connectivity index (χ4n) is 2.21. The number of likely N-dealkylation sites (N-methyl/N-ethyl adjacent to an activating group) is 1. The monoisotopic (exact) mass is 376 g/mol. The van der Waals surface area contributed by atoms with E-state index in [1.165, 1.54) is 18.9 Å². The Hall–Kier alpha value is -0.470. The normalized spacial score (nSPS) is 15.7. The first-order valence-electron chi connectivity index (χ1n) is 6.95. The summed E-state index contributed by atoms with van der Waals surface area (Å²) in [5, 5.41) is 9.22. The smallest absolute Gasteiger partial charge is 0.240 e.